The van der Waals surface area contributed by atoms with Crippen LogP contribution < -0.4 is 9.64 Å². The molecule has 3 aromatic carbocycles. The fraction of sp³-hybridized carbons (Fsp3) is 0.227. The second-order valence-electron chi connectivity index (χ2n) is 6.61. The molecular formula is C22H21ClN2O2. The molecule has 0 aromatic heterocycles. The molecule has 1 amide bonds. The molecule has 1 heterocycles. The third-order valence-electron chi connectivity index (χ3n) is 4.91. The van der Waals surface area contributed by atoms with Crippen LogP contribution in [0.3, 0.4) is 0 Å². The largest absolute Gasteiger partial charge is 0.483 e. The summed E-state index contributed by atoms with van der Waals surface area (Å²) in [6.45, 7) is 3.01. The summed E-state index contributed by atoms with van der Waals surface area (Å²) in [6.07, 6.45) is 0. The number of amides is 1. The molecule has 0 bridgehead atoms. The number of carbonyl (C=O) groups is 1. The number of benzene rings is 3. The summed E-state index contributed by atoms with van der Waals surface area (Å²) in [7, 11) is 0. The van der Waals surface area contributed by atoms with E-state index in [0.717, 1.165) is 40.3 Å². The van der Waals surface area contributed by atoms with Crippen molar-refractivity contribution < 1.29 is 9.53 Å². The fourth-order valence-corrected chi connectivity index (χ4v) is 3.62. The van der Waals surface area contributed by atoms with Gasteiger partial charge in [-0.1, -0.05) is 54.1 Å². The molecule has 0 atom stereocenters. The van der Waals surface area contributed by atoms with Crippen molar-refractivity contribution in [2.45, 2.75) is 0 Å². The molecule has 138 valence electrons. The number of carbonyl (C=O) groups excluding carboxylic acids is 1. The van der Waals surface area contributed by atoms with Crippen molar-refractivity contribution in [3.8, 4) is 5.75 Å². The Morgan fingerprint density at radius 2 is 1.67 bits per heavy atom. The third-order valence-corrected chi connectivity index (χ3v) is 5.14. The molecule has 0 saturated carbocycles. The molecule has 1 aliphatic heterocycles. The van der Waals surface area contributed by atoms with Crippen LogP contribution in [0.5, 0.6) is 5.75 Å². The Morgan fingerprint density at radius 1 is 0.926 bits per heavy atom. The van der Waals surface area contributed by atoms with Crippen molar-refractivity contribution in [3.63, 3.8) is 0 Å². The molecular weight excluding hydrogens is 360 g/mol. The van der Waals surface area contributed by atoms with E-state index >= 15 is 0 Å². The molecule has 4 rings (SSSR count). The molecule has 0 unspecified atom stereocenters. The van der Waals surface area contributed by atoms with Gasteiger partial charge in [0, 0.05) is 42.3 Å². The summed E-state index contributed by atoms with van der Waals surface area (Å²) in [5.41, 5.74) is 1.10. The Morgan fingerprint density at radius 3 is 2.48 bits per heavy atom. The highest BCUT2D eigenvalue weighted by Crippen LogP contribution is 2.25. The molecule has 0 aliphatic carbocycles. The van der Waals surface area contributed by atoms with Crippen molar-refractivity contribution in [2.24, 2.45) is 0 Å². The molecule has 1 saturated heterocycles. The van der Waals surface area contributed by atoms with Gasteiger partial charge < -0.3 is 14.5 Å². The minimum atomic E-state index is 0.0219. The first-order chi connectivity index (χ1) is 13.2. The number of anilines is 1. The van der Waals surface area contributed by atoms with Crippen LogP contribution in [0.15, 0.2) is 66.7 Å². The lowest BCUT2D eigenvalue weighted by molar-refractivity contribution is -0.133. The van der Waals surface area contributed by atoms with Gasteiger partial charge in [0.25, 0.3) is 5.91 Å². The molecule has 5 heteroatoms. The van der Waals surface area contributed by atoms with Gasteiger partial charge in [0.2, 0.25) is 0 Å². The smallest absolute Gasteiger partial charge is 0.260 e. The van der Waals surface area contributed by atoms with E-state index in [-0.39, 0.29) is 12.5 Å². The maximum atomic E-state index is 12.6. The summed E-state index contributed by atoms with van der Waals surface area (Å²) < 4.78 is 5.84. The molecule has 0 radical (unpaired) electrons. The van der Waals surface area contributed by atoms with Crippen molar-refractivity contribution in [3.05, 3.63) is 71.8 Å². The van der Waals surface area contributed by atoms with Crippen molar-refractivity contribution in [1.82, 2.24) is 4.90 Å². The second-order valence-corrected chi connectivity index (χ2v) is 7.05. The molecule has 27 heavy (non-hydrogen) atoms. The van der Waals surface area contributed by atoms with Crippen molar-refractivity contribution in [2.75, 3.05) is 37.7 Å². The zero-order valence-corrected chi connectivity index (χ0v) is 15.7. The summed E-state index contributed by atoms with van der Waals surface area (Å²) >= 11 is 6.08. The molecule has 0 N–H and O–H groups in total. The molecule has 0 spiro atoms. The van der Waals surface area contributed by atoms with Crippen LogP contribution in [-0.4, -0.2) is 43.6 Å². The highest BCUT2D eigenvalue weighted by molar-refractivity contribution is 6.30. The topological polar surface area (TPSA) is 32.8 Å². The number of ether oxygens (including phenoxy) is 1. The zero-order valence-electron chi connectivity index (χ0n) is 15.0. The number of nitrogens with zero attached hydrogens (tertiary/aromatic N) is 2. The summed E-state index contributed by atoms with van der Waals surface area (Å²) in [5, 5.41) is 2.87. The Bertz CT molecular complexity index is 946. The van der Waals surface area contributed by atoms with Crippen LogP contribution in [-0.2, 0) is 4.79 Å². The maximum Gasteiger partial charge on any atom is 0.260 e. The second kappa shape index (κ2) is 7.89. The third kappa shape index (κ3) is 4.01. The number of halogens is 1. The van der Waals surface area contributed by atoms with Crippen LogP contribution in [0.1, 0.15) is 0 Å². The first kappa shape index (κ1) is 17.7. The van der Waals surface area contributed by atoms with Gasteiger partial charge >= 0.3 is 0 Å². The first-order valence-corrected chi connectivity index (χ1v) is 9.47. The van der Waals surface area contributed by atoms with Crippen LogP contribution >= 0.6 is 11.6 Å². The van der Waals surface area contributed by atoms with E-state index in [1.165, 1.54) is 0 Å². The standard InChI is InChI=1S/C22H21ClN2O2/c23-18-7-4-8-19(15-18)24-11-13-25(14-12-24)22(26)16-27-21-10-3-6-17-5-1-2-9-20(17)21/h1-10,15H,11-14,16H2. The fourth-order valence-electron chi connectivity index (χ4n) is 3.44. The normalized spacial score (nSPS) is 14.4. The van der Waals surface area contributed by atoms with Gasteiger partial charge in [-0.25, -0.2) is 0 Å². The van der Waals surface area contributed by atoms with Gasteiger partial charge in [0.05, 0.1) is 0 Å². The highest BCUT2D eigenvalue weighted by Gasteiger charge is 2.21. The average Bonchev–Trinajstić information content (AvgIpc) is 2.72. The van der Waals surface area contributed by atoms with Crippen LogP contribution in [0.2, 0.25) is 5.02 Å². The number of piperazine rings is 1. The van der Waals surface area contributed by atoms with E-state index in [9.17, 15) is 4.79 Å². The number of hydrogen-bond donors (Lipinski definition) is 0. The Kier molecular flexibility index (Phi) is 5.16. The Labute approximate surface area is 163 Å². The molecule has 1 fully saturated rings. The molecule has 1 aliphatic rings. The first-order valence-electron chi connectivity index (χ1n) is 9.09. The van der Waals surface area contributed by atoms with Crippen LogP contribution in [0.25, 0.3) is 10.8 Å². The van der Waals surface area contributed by atoms with Gasteiger partial charge in [-0.15, -0.1) is 0 Å². The van der Waals surface area contributed by atoms with E-state index in [4.69, 9.17) is 16.3 Å². The predicted octanol–water partition coefficient (Wildman–Crippen LogP) is 4.22. The van der Waals surface area contributed by atoms with E-state index in [2.05, 4.69) is 4.90 Å². The summed E-state index contributed by atoms with van der Waals surface area (Å²) in [4.78, 5) is 16.7. The van der Waals surface area contributed by atoms with Crippen LogP contribution in [0.4, 0.5) is 5.69 Å². The average molecular weight is 381 g/mol. The minimum Gasteiger partial charge on any atom is -0.483 e. The number of hydrogen-bond acceptors (Lipinski definition) is 3. The van der Waals surface area contributed by atoms with E-state index in [1.807, 2.05) is 71.6 Å². The minimum absolute atomic E-state index is 0.0219. The summed E-state index contributed by atoms with van der Waals surface area (Å²) in [5.74, 6) is 0.771. The van der Waals surface area contributed by atoms with Gasteiger partial charge in [-0.2, -0.15) is 0 Å². The Hall–Kier alpha value is -2.72. The zero-order chi connectivity index (χ0) is 18.6. The lowest BCUT2D eigenvalue weighted by Gasteiger charge is -2.36. The quantitative estimate of drug-likeness (QED) is 0.679. The monoisotopic (exact) mass is 380 g/mol. The molecule has 3 aromatic rings. The summed E-state index contributed by atoms with van der Waals surface area (Å²) in [6, 6.07) is 21.8. The Balaban J connectivity index is 1.34. The lowest BCUT2D eigenvalue weighted by Crippen LogP contribution is -2.50. The van der Waals surface area contributed by atoms with Gasteiger partial charge in [-0.3, -0.25) is 4.79 Å². The van der Waals surface area contributed by atoms with E-state index in [0.29, 0.717) is 13.1 Å². The van der Waals surface area contributed by atoms with Crippen molar-refractivity contribution in [1.29, 1.82) is 0 Å². The van der Waals surface area contributed by atoms with E-state index in [1.54, 1.807) is 0 Å². The van der Waals surface area contributed by atoms with Gasteiger partial charge in [0.15, 0.2) is 6.61 Å². The number of fused-ring (bicyclic) bond motifs is 1. The predicted molar refractivity (Wildman–Crippen MR) is 110 cm³/mol. The van der Waals surface area contributed by atoms with Crippen molar-refractivity contribution >= 4 is 34.0 Å². The van der Waals surface area contributed by atoms with Gasteiger partial charge in [0.1, 0.15) is 5.75 Å². The highest BCUT2D eigenvalue weighted by atomic mass is 35.5. The number of rotatable bonds is 4. The van der Waals surface area contributed by atoms with E-state index < -0.39 is 0 Å². The maximum absolute atomic E-state index is 12.6. The lowest BCUT2D eigenvalue weighted by atomic mass is 10.1. The van der Waals surface area contributed by atoms with Crippen LogP contribution in [0, 0.1) is 0 Å². The van der Waals surface area contributed by atoms with Gasteiger partial charge in [-0.05, 0) is 29.7 Å². The SMILES string of the molecule is O=C(COc1cccc2ccccc12)N1CCN(c2cccc(Cl)c2)CC1. The molecule has 4 nitrogen and oxygen atoms in total.